The van der Waals surface area contributed by atoms with E-state index in [2.05, 4.69) is 15.0 Å². The summed E-state index contributed by atoms with van der Waals surface area (Å²) in [7, 11) is 0. The number of aromatic nitrogens is 3. The number of hydrogen-bond acceptors (Lipinski definition) is 7. The maximum absolute atomic E-state index is 11.7. The highest BCUT2D eigenvalue weighted by Gasteiger charge is 2.11. The lowest BCUT2D eigenvalue weighted by molar-refractivity contribution is 0.0992. The van der Waals surface area contributed by atoms with Gasteiger partial charge in [-0.15, -0.1) is 11.3 Å². The van der Waals surface area contributed by atoms with Crippen LogP contribution >= 0.6 is 11.3 Å². The van der Waals surface area contributed by atoms with Crippen molar-refractivity contribution in [1.29, 1.82) is 0 Å². The average molecular weight is 290 g/mol. The molecule has 1 radical (unpaired) electrons. The molecule has 2 rings (SSSR count). The first-order chi connectivity index (χ1) is 9.56. The Morgan fingerprint density at radius 1 is 1.35 bits per heavy atom. The van der Waals surface area contributed by atoms with E-state index < -0.39 is 5.91 Å². The van der Waals surface area contributed by atoms with Crippen LogP contribution in [0.15, 0.2) is 17.6 Å². The predicted octanol–water partition coefficient (Wildman–Crippen LogP) is 0.634. The number of rotatable bonds is 6. The number of aryl methyl sites for hydroxylation is 1. The molecule has 0 unspecified atom stereocenters. The standard InChI is InChI=1S/C12H12N5O2S/c13-10(19)8-6-7(16-12(14)17-8)2-1-3-9(18)11-15-4-5-20-11/h3-6H,1-2H2,(H2,13,19)(H2,14,16,17). The topological polar surface area (TPSA) is 125 Å². The molecule has 0 aromatic carbocycles. The van der Waals surface area contributed by atoms with Gasteiger partial charge in [0.1, 0.15) is 5.69 Å². The van der Waals surface area contributed by atoms with Crippen molar-refractivity contribution in [2.24, 2.45) is 5.73 Å². The molecule has 0 saturated heterocycles. The smallest absolute Gasteiger partial charge is 0.267 e. The number of nitrogens with zero attached hydrogens (tertiary/aromatic N) is 3. The van der Waals surface area contributed by atoms with E-state index in [0.717, 1.165) is 0 Å². The Morgan fingerprint density at radius 3 is 2.80 bits per heavy atom. The molecule has 2 heterocycles. The lowest BCUT2D eigenvalue weighted by Gasteiger charge is -2.03. The molecule has 0 spiro atoms. The fourth-order valence-corrected chi connectivity index (χ4v) is 2.13. The van der Waals surface area contributed by atoms with Gasteiger partial charge in [-0.05, 0) is 18.9 Å². The van der Waals surface area contributed by atoms with Crippen LogP contribution in [0.4, 0.5) is 5.95 Å². The summed E-state index contributed by atoms with van der Waals surface area (Å²) >= 11 is 1.29. The Kier molecular flexibility index (Phi) is 4.36. The Labute approximate surface area is 119 Å². The Balaban J connectivity index is 1.94. The van der Waals surface area contributed by atoms with Crippen molar-refractivity contribution < 1.29 is 9.59 Å². The molecule has 0 bridgehead atoms. The molecule has 1 amide bonds. The van der Waals surface area contributed by atoms with Crippen molar-refractivity contribution in [3.05, 3.63) is 40.5 Å². The number of carbonyl (C=O) groups excluding carboxylic acids is 2. The largest absolute Gasteiger partial charge is 0.368 e. The molecule has 4 N–H and O–H groups in total. The lowest BCUT2D eigenvalue weighted by atomic mass is 10.1. The summed E-state index contributed by atoms with van der Waals surface area (Å²) in [6.45, 7) is 0. The second-order valence-electron chi connectivity index (χ2n) is 3.91. The Hall–Kier alpha value is -2.35. The molecule has 0 aliphatic heterocycles. The minimum Gasteiger partial charge on any atom is -0.368 e. The maximum Gasteiger partial charge on any atom is 0.267 e. The summed E-state index contributed by atoms with van der Waals surface area (Å²) in [5.74, 6) is -0.803. The van der Waals surface area contributed by atoms with Crippen LogP contribution in [0.5, 0.6) is 0 Å². The van der Waals surface area contributed by atoms with Crippen molar-refractivity contribution >= 4 is 29.0 Å². The first kappa shape index (κ1) is 14.1. The van der Waals surface area contributed by atoms with Crippen LogP contribution in [-0.2, 0) is 6.42 Å². The highest BCUT2D eigenvalue weighted by atomic mass is 32.1. The zero-order valence-electron chi connectivity index (χ0n) is 10.4. The third-order valence-corrected chi connectivity index (χ3v) is 3.21. The molecule has 2 aromatic heterocycles. The van der Waals surface area contributed by atoms with Crippen LogP contribution in [0.3, 0.4) is 0 Å². The Bertz CT molecular complexity index is 627. The first-order valence-electron chi connectivity index (χ1n) is 5.76. The summed E-state index contributed by atoms with van der Waals surface area (Å²) in [6.07, 6.45) is 4.04. The van der Waals surface area contributed by atoms with E-state index in [-0.39, 0.29) is 17.4 Å². The van der Waals surface area contributed by atoms with Crippen LogP contribution in [0.1, 0.15) is 32.4 Å². The second-order valence-corrected chi connectivity index (χ2v) is 4.81. The number of Topliss-reactive ketones (excluding diaryl/α,β-unsaturated/α-hetero) is 1. The van der Waals surface area contributed by atoms with Gasteiger partial charge in [0.25, 0.3) is 5.91 Å². The summed E-state index contributed by atoms with van der Waals surface area (Å²) in [4.78, 5) is 34.4. The number of nitrogens with two attached hydrogens (primary N) is 2. The van der Waals surface area contributed by atoms with Gasteiger partial charge < -0.3 is 11.5 Å². The zero-order valence-corrected chi connectivity index (χ0v) is 11.3. The van der Waals surface area contributed by atoms with E-state index in [1.165, 1.54) is 23.8 Å². The fourth-order valence-electron chi connectivity index (χ4n) is 1.56. The summed E-state index contributed by atoms with van der Waals surface area (Å²) < 4.78 is 0. The lowest BCUT2D eigenvalue weighted by Crippen LogP contribution is -2.15. The Morgan fingerprint density at radius 2 is 2.15 bits per heavy atom. The third-order valence-electron chi connectivity index (χ3n) is 2.42. The van der Waals surface area contributed by atoms with Gasteiger partial charge in [-0.3, -0.25) is 9.59 Å². The van der Waals surface area contributed by atoms with Crippen LogP contribution in [-0.4, -0.2) is 26.6 Å². The van der Waals surface area contributed by atoms with E-state index in [1.807, 2.05) is 0 Å². The fraction of sp³-hybridized carbons (Fsp3) is 0.167. The number of thiazole rings is 1. The number of nitrogen functional groups attached to an aromatic ring is 1. The number of amides is 1. The van der Waals surface area contributed by atoms with E-state index in [1.54, 1.807) is 11.6 Å². The molecular formula is C12H12N5O2S. The molecule has 0 aliphatic carbocycles. The molecule has 0 aliphatic rings. The van der Waals surface area contributed by atoms with Crippen LogP contribution < -0.4 is 11.5 Å². The highest BCUT2D eigenvalue weighted by Crippen LogP contribution is 2.11. The highest BCUT2D eigenvalue weighted by molar-refractivity contribution is 7.11. The predicted molar refractivity (Wildman–Crippen MR) is 74.0 cm³/mol. The van der Waals surface area contributed by atoms with Crippen molar-refractivity contribution in [2.75, 3.05) is 5.73 Å². The van der Waals surface area contributed by atoms with Gasteiger partial charge in [0.05, 0.1) is 0 Å². The van der Waals surface area contributed by atoms with Crippen molar-refractivity contribution in [1.82, 2.24) is 15.0 Å². The van der Waals surface area contributed by atoms with Gasteiger partial charge in [-0.1, -0.05) is 0 Å². The molecule has 0 atom stereocenters. The SMILES string of the molecule is NC(=O)c1cc(CC[CH]C(=O)c2nccs2)nc(N)n1. The summed E-state index contributed by atoms with van der Waals surface area (Å²) in [5.41, 5.74) is 11.3. The average Bonchev–Trinajstić information content (AvgIpc) is 2.91. The van der Waals surface area contributed by atoms with Gasteiger partial charge in [0.15, 0.2) is 10.8 Å². The van der Waals surface area contributed by atoms with Gasteiger partial charge in [-0.25, -0.2) is 15.0 Å². The van der Waals surface area contributed by atoms with E-state index >= 15 is 0 Å². The zero-order chi connectivity index (χ0) is 14.5. The number of primary amides is 1. The molecule has 2 aromatic rings. The van der Waals surface area contributed by atoms with Gasteiger partial charge in [0, 0.05) is 23.7 Å². The minimum atomic E-state index is -0.664. The molecule has 0 saturated carbocycles. The summed E-state index contributed by atoms with van der Waals surface area (Å²) in [6, 6.07) is 1.47. The van der Waals surface area contributed by atoms with E-state index in [9.17, 15) is 9.59 Å². The van der Waals surface area contributed by atoms with Crippen molar-refractivity contribution in [3.8, 4) is 0 Å². The number of carbonyl (C=O) groups is 2. The van der Waals surface area contributed by atoms with Crippen LogP contribution in [0.2, 0.25) is 0 Å². The normalized spacial score (nSPS) is 10.4. The maximum atomic E-state index is 11.7. The number of hydrogen-bond donors (Lipinski definition) is 2. The molecule has 8 heteroatoms. The molecule has 103 valence electrons. The summed E-state index contributed by atoms with van der Waals surface area (Å²) in [5, 5.41) is 2.19. The van der Waals surface area contributed by atoms with Crippen LogP contribution in [0.25, 0.3) is 0 Å². The second kappa shape index (κ2) is 6.20. The number of anilines is 1. The molecule has 0 fully saturated rings. The third kappa shape index (κ3) is 3.58. The van der Waals surface area contributed by atoms with Crippen molar-refractivity contribution in [3.63, 3.8) is 0 Å². The molecule has 7 nitrogen and oxygen atoms in total. The molecular weight excluding hydrogens is 278 g/mol. The number of ketones is 1. The van der Waals surface area contributed by atoms with Gasteiger partial charge in [0.2, 0.25) is 5.95 Å². The minimum absolute atomic E-state index is 0.0115. The van der Waals surface area contributed by atoms with Gasteiger partial charge >= 0.3 is 0 Å². The quantitative estimate of drug-likeness (QED) is 0.752. The monoisotopic (exact) mass is 290 g/mol. The van der Waals surface area contributed by atoms with Crippen LogP contribution in [0, 0.1) is 6.42 Å². The first-order valence-corrected chi connectivity index (χ1v) is 6.64. The van der Waals surface area contributed by atoms with E-state index in [4.69, 9.17) is 11.5 Å². The molecule has 20 heavy (non-hydrogen) atoms. The van der Waals surface area contributed by atoms with E-state index in [0.29, 0.717) is 23.5 Å². The van der Waals surface area contributed by atoms with Gasteiger partial charge in [-0.2, -0.15) is 0 Å². The van der Waals surface area contributed by atoms with Crippen molar-refractivity contribution in [2.45, 2.75) is 12.8 Å².